The standard InChI is InChI=1S/C25H26N6O.2C2HF3O2/c32-25(27-13-10-19-7-4-12-26-15-19)22-8-9-23-28-29-24(31(23)18-22)21-11-14-30(17-21)16-20-5-2-1-3-6-20;2*3-2(4,5)1(6)7/h1-9,12,15,18,21H,10-11,13-14,16-17H2,(H,27,32);2*(H,6,7). The van der Waals surface area contributed by atoms with Crippen LogP contribution in [-0.4, -0.2) is 84.5 Å². The van der Waals surface area contributed by atoms with Gasteiger partial charge < -0.3 is 15.5 Å². The second kappa shape index (κ2) is 15.8. The van der Waals surface area contributed by atoms with Crippen molar-refractivity contribution >= 4 is 23.5 Å². The van der Waals surface area contributed by atoms with Crippen LogP contribution in [0, 0.1) is 0 Å². The van der Waals surface area contributed by atoms with E-state index in [-0.39, 0.29) is 5.91 Å². The van der Waals surface area contributed by atoms with Crippen molar-refractivity contribution in [3.8, 4) is 0 Å². The lowest BCUT2D eigenvalue weighted by Gasteiger charge is -2.15. The largest absolute Gasteiger partial charge is 0.490 e. The van der Waals surface area contributed by atoms with Crippen molar-refractivity contribution in [3.63, 3.8) is 0 Å². The average Bonchev–Trinajstić information content (AvgIpc) is 3.64. The summed E-state index contributed by atoms with van der Waals surface area (Å²) in [6.45, 7) is 3.48. The summed E-state index contributed by atoms with van der Waals surface area (Å²) in [4.78, 5) is 37.1. The number of aliphatic carboxylic acids is 2. The van der Waals surface area contributed by atoms with Gasteiger partial charge in [0.1, 0.15) is 5.82 Å². The lowest BCUT2D eigenvalue weighted by Crippen LogP contribution is -2.26. The number of likely N-dealkylation sites (tertiary alicyclic amines) is 1. The molecule has 1 saturated heterocycles. The van der Waals surface area contributed by atoms with Crippen LogP contribution in [0.5, 0.6) is 0 Å². The van der Waals surface area contributed by atoms with Gasteiger partial charge in [-0.1, -0.05) is 36.4 Å². The average molecular weight is 655 g/mol. The Labute approximate surface area is 257 Å². The fraction of sp³-hybridized carbons (Fsp3) is 0.310. The van der Waals surface area contributed by atoms with Crippen LogP contribution in [-0.2, 0) is 22.6 Å². The molecule has 4 heterocycles. The molecule has 3 N–H and O–H groups in total. The number of fused-ring (bicyclic) bond motifs is 1. The van der Waals surface area contributed by atoms with E-state index in [0.29, 0.717) is 18.0 Å². The molecule has 1 unspecified atom stereocenters. The van der Waals surface area contributed by atoms with E-state index >= 15 is 0 Å². The van der Waals surface area contributed by atoms with Gasteiger partial charge in [0.25, 0.3) is 5.91 Å². The summed E-state index contributed by atoms with van der Waals surface area (Å²) in [5.74, 6) is -4.37. The molecule has 1 aliphatic rings. The van der Waals surface area contributed by atoms with Gasteiger partial charge in [0, 0.05) is 44.1 Å². The van der Waals surface area contributed by atoms with E-state index in [1.807, 2.05) is 47.1 Å². The molecule has 11 nitrogen and oxygen atoms in total. The minimum atomic E-state index is -5.08. The summed E-state index contributed by atoms with van der Waals surface area (Å²) in [5.41, 5.74) is 3.81. The van der Waals surface area contributed by atoms with Crippen molar-refractivity contribution in [2.45, 2.75) is 37.7 Å². The maximum atomic E-state index is 12.7. The number of nitrogens with one attached hydrogen (secondary N) is 1. The quantitative estimate of drug-likeness (QED) is 0.247. The van der Waals surface area contributed by atoms with Crippen LogP contribution in [0.2, 0.25) is 0 Å². The number of carbonyl (C=O) groups is 3. The number of nitrogens with zero attached hydrogens (tertiary/aromatic N) is 5. The summed E-state index contributed by atoms with van der Waals surface area (Å²) in [5, 5.41) is 26.0. The van der Waals surface area contributed by atoms with Crippen LogP contribution in [0.1, 0.15) is 39.6 Å². The highest BCUT2D eigenvalue weighted by Gasteiger charge is 2.39. The lowest BCUT2D eigenvalue weighted by atomic mass is 10.1. The number of hydrogen-bond donors (Lipinski definition) is 3. The zero-order chi connectivity index (χ0) is 33.9. The first-order chi connectivity index (χ1) is 21.6. The number of carboxylic acid groups (broad SMARTS) is 2. The highest BCUT2D eigenvalue weighted by molar-refractivity contribution is 5.94. The van der Waals surface area contributed by atoms with Gasteiger partial charge in [-0.15, -0.1) is 10.2 Å². The molecule has 5 rings (SSSR count). The zero-order valence-corrected chi connectivity index (χ0v) is 23.9. The molecule has 1 amide bonds. The van der Waals surface area contributed by atoms with E-state index < -0.39 is 24.3 Å². The third-order valence-corrected chi connectivity index (χ3v) is 6.48. The molecule has 3 aromatic heterocycles. The fourth-order valence-corrected chi connectivity index (χ4v) is 4.32. The molecular formula is C29H28F6N6O5. The molecule has 0 saturated carbocycles. The van der Waals surface area contributed by atoms with Gasteiger partial charge in [-0.2, -0.15) is 26.3 Å². The Morgan fingerprint density at radius 2 is 1.50 bits per heavy atom. The highest BCUT2D eigenvalue weighted by atomic mass is 19.4. The second-order valence-corrected chi connectivity index (χ2v) is 9.88. The van der Waals surface area contributed by atoms with Gasteiger partial charge in [-0.3, -0.25) is 19.1 Å². The minimum Gasteiger partial charge on any atom is -0.475 e. The monoisotopic (exact) mass is 654 g/mol. The van der Waals surface area contributed by atoms with E-state index in [1.54, 1.807) is 6.20 Å². The van der Waals surface area contributed by atoms with Crippen LogP contribution in [0.4, 0.5) is 26.3 Å². The summed E-state index contributed by atoms with van der Waals surface area (Å²) >= 11 is 0. The number of pyridine rings is 2. The molecule has 4 aromatic rings. The smallest absolute Gasteiger partial charge is 0.475 e. The number of benzene rings is 1. The van der Waals surface area contributed by atoms with Crippen LogP contribution in [0.25, 0.3) is 5.65 Å². The van der Waals surface area contributed by atoms with Crippen LogP contribution >= 0.6 is 0 Å². The Bertz CT molecular complexity index is 1580. The van der Waals surface area contributed by atoms with Crippen molar-refractivity contribution in [1.29, 1.82) is 0 Å². The first-order valence-corrected chi connectivity index (χ1v) is 13.5. The van der Waals surface area contributed by atoms with Crippen LogP contribution in [0.3, 0.4) is 0 Å². The zero-order valence-electron chi connectivity index (χ0n) is 23.9. The second-order valence-electron chi connectivity index (χ2n) is 9.88. The summed E-state index contributed by atoms with van der Waals surface area (Å²) in [7, 11) is 0. The molecule has 1 aliphatic heterocycles. The van der Waals surface area contributed by atoms with Gasteiger partial charge in [-0.25, -0.2) is 9.59 Å². The van der Waals surface area contributed by atoms with Gasteiger partial charge in [-0.05, 0) is 48.7 Å². The summed E-state index contributed by atoms with van der Waals surface area (Å²) in [6.07, 6.45) is -2.94. The van der Waals surface area contributed by atoms with Crippen molar-refractivity contribution in [3.05, 3.63) is 95.7 Å². The van der Waals surface area contributed by atoms with Crippen molar-refractivity contribution in [2.75, 3.05) is 19.6 Å². The number of amides is 1. The van der Waals surface area contributed by atoms with Crippen molar-refractivity contribution in [1.82, 2.24) is 29.8 Å². The summed E-state index contributed by atoms with van der Waals surface area (Å²) < 4.78 is 65.5. The normalized spacial score (nSPS) is 14.9. The molecule has 17 heteroatoms. The number of carboxylic acids is 2. The van der Waals surface area contributed by atoms with Gasteiger partial charge in [0.2, 0.25) is 0 Å². The van der Waals surface area contributed by atoms with E-state index in [9.17, 15) is 31.1 Å². The lowest BCUT2D eigenvalue weighted by molar-refractivity contribution is -0.193. The number of hydrogen-bond acceptors (Lipinski definition) is 7. The number of halogens is 6. The molecule has 246 valence electrons. The Balaban J connectivity index is 0.000000345. The number of aromatic nitrogens is 4. The highest BCUT2D eigenvalue weighted by Crippen LogP contribution is 2.27. The third-order valence-electron chi connectivity index (χ3n) is 6.48. The van der Waals surface area contributed by atoms with Gasteiger partial charge in [0.15, 0.2) is 5.65 Å². The minimum absolute atomic E-state index is 0.0902. The molecular weight excluding hydrogens is 626 g/mol. The molecule has 0 aliphatic carbocycles. The van der Waals surface area contributed by atoms with E-state index in [4.69, 9.17) is 19.8 Å². The van der Waals surface area contributed by atoms with E-state index in [1.165, 1.54) is 5.56 Å². The topological polar surface area (TPSA) is 150 Å². The predicted octanol–water partition coefficient (Wildman–Crippen LogP) is 4.35. The van der Waals surface area contributed by atoms with Crippen molar-refractivity contribution < 1.29 is 50.9 Å². The molecule has 1 atom stereocenters. The van der Waals surface area contributed by atoms with Crippen molar-refractivity contribution in [2.24, 2.45) is 0 Å². The number of alkyl halides is 6. The molecule has 0 spiro atoms. The molecule has 0 bridgehead atoms. The third kappa shape index (κ3) is 10.8. The van der Waals surface area contributed by atoms with Gasteiger partial charge in [0.05, 0.1) is 5.56 Å². The van der Waals surface area contributed by atoms with E-state index in [2.05, 4.69) is 49.7 Å². The Morgan fingerprint density at radius 3 is 2.09 bits per heavy atom. The Morgan fingerprint density at radius 1 is 0.870 bits per heavy atom. The maximum Gasteiger partial charge on any atom is 0.490 e. The predicted molar refractivity (Wildman–Crippen MR) is 150 cm³/mol. The number of carbonyl (C=O) groups excluding carboxylic acids is 1. The molecule has 46 heavy (non-hydrogen) atoms. The van der Waals surface area contributed by atoms with Crippen LogP contribution < -0.4 is 5.32 Å². The summed E-state index contributed by atoms with van der Waals surface area (Å²) in [6, 6.07) is 18.1. The Hall–Kier alpha value is -5.06. The molecule has 1 fully saturated rings. The SMILES string of the molecule is O=C(NCCc1cccnc1)c1ccc2nnc(C3CCN(Cc4ccccc4)C3)n2c1.O=C(O)C(F)(F)F.O=C(O)C(F)(F)F. The Kier molecular flexibility index (Phi) is 12.2. The maximum absolute atomic E-state index is 12.7. The molecule has 0 radical (unpaired) electrons. The molecule has 1 aromatic carbocycles. The van der Waals surface area contributed by atoms with E-state index in [0.717, 1.165) is 49.5 Å². The first kappa shape index (κ1) is 35.4. The van der Waals surface area contributed by atoms with Gasteiger partial charge >= 0.3 is 24.3 Å². The fourth-order valence-electron chi connectivity index (χ4n) is 4.32. The first-order valence-electron chi connectivity index (χ1n) is 13.5. The van der Waals surface area contributed by atoms with Crippen LogP contribution in [0.15, 0.2) is 73.2 Å². The number of rotatable bonds is 7.